The Bertz CT molecular complexity index is 827. The van der Waals surface area contributed by atoms with Crippen molar-refractivity contribution in [1.82, 2.24) is 0 Å². The highest BCUT2D eigenvalue weighted by Gasteiger charge is 2.11. The molecule has 2 nitrogen and oxygen atoms in total. The van der Waals surface area contributed by atoms with Crippen LogP contribution in [-0.2, 0) is 6.61 Å². The van der Waals surface area contributed by atoms with Crippen molar-refractivity contribution >= 4 is 0 Å². The van der Waals surface area contributed by atoms with Crippen LogP contribution in [0.3, 0.4) is 0 Å². The molecule has 0 bridgehead atoms. The van der Waals surface area contributed by atoms with E-state index in [2.05, 4.69) is 32.0 Å². The molecular formula is C21H20O2. The summed E-state index contributed by atoms with van der Waals surface area (Å²) < 4.78 is 0. The highest BCUT2D eigenvalue weighted by molar-refractivity contribution is 5.78. The smallest absolute Gasteiger partial charge is 0.123 e. The number of hydrogen-bond donors (Lipinski definition) is 2. The molecule has 0 spiro atoms. The van der Waals surface area contributed by atoms with Gasteiger partial charge < -0.3 is 10.2 Å². The molecule has 0 atom stereocenters. The average Bonchev–Trinajstić information content (AvgIpc) is 2.55. The van der Waals surface area contributed by atoms with Crippen molar-refractivity contribution in [3.05, 3.63) is 77.4 Å². The summed E-state index contributed by atoms with van der Waals surface area (Å²) in [6, 6.07) is 19.6. The Morgan fingerprint density at radius 2 is 1.48 bits per heavy atom. The number of aryl methyl sites for hydroxylation is 2. The summed E-state index contributed by atoms with van der Waals surface area (Å²) in [5.74, 6) is 0.293. The summed E-state index contributed by atoms with van der Waals surface area (Å²) in [5.41, 5.74) is 7.35. The van der Waals surface area contributed by atoms with Gasteiger partial charge in [-0.15, -0.1) is 0 Å². The Hall–Kier alpha value is -2.58. The number of benzene rings is 3. The van der Waals surface area contributed by atoms with Gasteiger partial charge in [-0.2, -0.15) is 0 Å². The maximum atomic E-state index is 10.1. The van der Waals surface area contributed by atoms with E-state index in [4.69, 9.17) is 0 Å². The number of aliphatic hydroxyl groups excluding tert-OH is 1. The molecule has 116 valence electrons. The van der Waals surface area contributed by atoms with Crippen LogP contribution in [0.2, 0.25) is 0 Å². The van der Waals surface area contributed by atoms with Crippen molar-refractivity contribution in [1.29, 1.82) is 0 Å². The summed E-state index contributed by atoms with van der Waals surface area (Å²) >= 11 is 0. The molecule has 0 aromatic heterocycles. The molecule has 0 unspecified atom stereocenters. The van der Waals surface area contributed by atoms with Gasteiger partial charge >= 0.3 is 0 Å². The van der Waals surface area contributed by atoms with Gasteiger partial charge in [0.25, 0.3) is 0 Å². The number of para-hydroxylation sites is 1. The summed E-state index contributed by atoms with van der Waals surface area (Å²) in [4.78, 5) is 0. The molecule has 3 aromatic rings. The lowest BCUT2D eigenvalue weighted by Gasteiger charge is -2.14. The number of phenols is 1. The van der Waals surface area contributed by atoms with Crippen LogP contribution in [-0.4, -0.2) is 10.2 Å². The zero-order valence-corrected chi connectivity index (χ0v) is 13.4. The third-order valence-electron chi connectivity index (χ3n) is 4.15. The van der Waals surface area contributed by atoms with E-state index in [1.165, 1.54) is 5.56 Å². The number of aliphatic hydroxyl groups is 1. The lowest BCUT2D eigenvalue weighted by atomic mass is 9.90. The molecule has 2 heteroatoms. The van der Waals surface area contributed by atoms with E-state index < -0.39 is 0 Å². The molecule has 0 saturated carbocycles. The van der Waals surface area contributed by atoms with Crippen LogP contribution in [0, 0.1) is 13.8 Å². The molecule has 0 amide bonds. The van der Waals surface area contributed by atoms with Crippen LogP contribution in [0.1, 0.15) is 16.7 Å². The first-order valence-electron chi connectivity index (χ1n) is 7.70. The van der Waals surface area contributed by atoms with Crippen LogP contribution in [0.4, 0.5) is 0 Å². The molecule has 0 saturated heterocycles. The average molecular weight is 304 g/mol. The molecule has 3 rings (SSSR count). The molecule has 0 radical (unpaired) electrons. The molecule has 3 aromatic carbocycles. The fourth-order valence-corrected chi connectivity index (χ4v) is 3.12. The van der Waals surface area contributed by atoms with Crippen molar-refractivity contribution in [3.63, 3.8) is 0 Å². The molecule has 23 heavy (non-hydrogen) atoms. The molecule has 0 aliphatic rings. The first-order valence-corrected chi connectivity index (χ1v) is 7.70. The normalized spacial score (nSPS) is 10.7. The van der Waals surface area contributed by atoms with Gasteiger partial charge in [0, 0.05) is 5.56 Å². The van der Waals surface area contributed by atoms with Crippen LogP contribution in [0.5, 0.6) is 5.75 Å². The first kappa shape index (κ1) is 15.3. The second-order valence-electron chi connectivity index (χ2n) is 5.86. The molecule has 2 N–H and O–H groups in total. The van der Waals surface area contributed by atoms with Gasteiger partial charge in [0.05, 0.1) is 6.61 Å². The zero-order chi connectivity index (χ0) is 16.4. The minimum absolute atomic E-state index is 0.0436. The van der Waals surface area contributed by atoms with Gasteiger partial charge in [0.2, 0.25) is 0 Å². The first-order chi connectivity index (χ1) is 11.1. The number of aromatic hydroxyl groups is 1. The number of phenolic OH excluding ortho intramolecular Hbond substituents is 1. The minimum Gasteiger partial charge on any atom is -0.507 e. The summed E-state index contributed by atoms with van der Waals surface area (Å²) in [6.07, 6.45) is 0. The van der Waals surface area contributed by atoms with Gasteiger partial charge in [-0.1, -0.05) is 48.5 Å². The van der Waals surface area contributed by atoms with E-state index >= 15 is 0 Å². The van der Waals surface area contributed by atoms with Gasteiger partial charge in [-0.3, -0.25) is 0 Å². The molecule has 0 aliphatic heterocycles. The quantitative estimate of drug-likeness (QED) is 0.727. The monoisotopic (exact) mass is 304 g/mol. The number of hydrogen-bond acceptors (Lipinski definition) is 2. The third kappa shape index (κ3) is 2.99. The predicted octanol–water partition coefficient (Wildman–Crippen LogP) is 4.84. The van der Waals surface area contributed by atoms with Crippen LogP contribution < -0.4 is 0 Å². The minimum atomic E-state index is 0.0436. The Morgan fingerprint density at radius 1 is 0.783 bits per heavy atom. The van der Waals surface area contributed by atoms with Crippen LogP contribution >= 0.6 is 0 Å². The van der Waals surface area contributed by atoms with E-state index in [-0.39, 0.29) is 6.61 Å². The Balaban J connectivity index is 2.13. The van der Waals surface area contributed by atoms with Gasteiger partial charge in [-0.25, -0.2) is 0 Å². The third-order valence-corrected chi connectivity index (χ3v) is 4.15. The van der Waals surface area contributed by atoms with Crippen LogP contribution in [0.25, 0.3) is 22.3 Å². The van der Waals surface area contributed by atoms with Crippen LogP contribution in [0.15, 0.2) is 60.7 Å². The maximum absolute atomic E-state index is 10.1. The van der Waals surface area contributed by atoms with E-state index in [1.54, 1.807) is 6.07 Å². The van der Waals surface area contributed by atoms with E-state index in [9.17, 15) is 10.2 Å². The SMILES string of the molecule is Cc1cc(-c2ccccc2O)cc(C)c1-c1cccc(CO)c1. The van der Waals surface area contributed by atoms with Crippen molar-refractivity contribution in [2.24, 2.45) is 0 Å². The lowest BCUT2D eigenvalue weighted by Crippen LogP contribution is -1.92. The van der Waals surface area contributed by atoms with Crippen molar-refractivity contribution < 1.29 is 10.2 Å². The van der Waals surface area contributed by atoms with E-state index in [0.717, 1.165) is 33.4 Å². The summed E-state index contributed by atoms with van der Waals surface area (Å²) in [5, 5.41) is 19.4. The van der Waals surface area contributed by atoms with Crippen molar-refractivity contribution in [2.45, 2.75) is 20.5 Å². The molecule has 0 aliphatic carbocycles. The number of rotatable bonds is 3. The Kier molecular flexibility index (Phi) is 4.18. The lowest BCUT2D eigenvalue weighted by molar-refractivity contribution is 0.282. The fourth-order valence-electron chi connectivity index (χ4n) is 3.12. The molecule has 0 heterocycles. The van der Waals surface area contributed by atoms with Crippen molar-refractivity contribution in [2.75, 3.05) is 0 Å². The maximum Gasteiger partial charge on any atom is 0.123 e. The fraction of sp³-hybridized carbons (Fsp3) is 0.143. The van der Waals surface area contributed by atoms with Gasteiger partial charge in [0.1, 0.15) is 5.75 Å². The molecular weight excluding hydrogens is 284 g/mol. The standard InChI is InChI=1S/C21H20O2/c1-14-10-18(19-8-3-4-9-20(19)23)11-15(2)21(14)17-7-5-6-16(12-17)13-22/h3-12,22-23H,13H2,1-2H3. The molecule has 0 fully saturated rings. The van der Waals surface area contributed by atoms with E-state index in [1.807, 2.05) is 36.4 Å². The highest BCUT2D eigenvalue weighted by atomic mass is 16.3. The topological polar surface area (TPSA) is 40.5 Å². The Morgan fingerprint density at radius 3 is 2.13 bits per heavy atom. The van der Waals surface area contributed by atoms with E-state index in [0.29, 0.717) is 5.75 Å². The second kappa shape index (κ2) is 6.27. The predicted molar refractivity (Wildman–Crippen MR) is 94.4 cm³/mol. The summed E-state index contributed by atoms with van der Waals surface area (Å²) in [6.45, 7) is 4.21. The largest absolute Gasteiger partial charge is 0.507 e. The summed E-state index contributed by atoms with van der Waals surface area (Å²) in [7, 11) is 0. The zero-order valence-electron chi connectivity index (χ0n) is 13.4. The highest BCUT2D eigenvalue weighted by Crippen LogP contribution is 2.35. The van der Waals surface area contributed by atoms with Gasteiger partial charge in [-0.05, 0) is 59.4 Å². The van der Waals surface area contributed by atoms with Gasteiger partial charge in [0.15, 0.2) is 0 Å². The van der Waals surface area contributed by atoms with Crippen molar-refractivity contribution in [3.8, 4) is 28.0 Å². The Labute approximate surface area is 136 Å². The second-order valence-corrected chi connectivity index (χ2v) is 5.86.